The van der Waals surface area contributed by atoms with Crippen LogP contribution in [0.15, 0.2) is 73.1 Å². The first kappa shape index (κ1) is 17.0. The Hall–Kier alpha value is -3.47. The molecule has 1 aliphatic rings. The van der Waals surface area contributed by atoms with Gasteiger partial charge in [0.25, 0.3) is 5.91 Å². The van der Waals surface area contributed by atoms with Crippen LogP contribution in [0.2, 0.25) is 0 Å². The van der Waals surface area contributed by atoms with Crippen molar-refractivity contribution in [2.24, 2.45) is 0 Å². The summed E-state index contributed by atoms with van der Waals surface area (Å²) in [7, 11) is 0. The zero-order chi connectivity index (χ0) is 18.6. The molecule has 2 heterocycles. The molecule has 5 heteroatoms. The number of pyridine rings is 1. The molecule has 0 saturated heterocycles. The van der Waals surface area contributed by atoms with Gasteiger partial charge in [0.15, 0.2) is 0 Å². The molecule has 5 nitrogen and oxygen atoms in total. The minimum Gasteiger partial charge on any atom is -0.348 e. The predicted octanol–water partition coefficient (Wildman–Crippen LogP) is 3.10. The number of amides is 2. The van der Waals surface area contributed by atoms with Crippen LogP contribution in [0.3, 0.4) is 0 Å². The average molecular weight is 357 g/mol. The number of hydrogen-bond acceptors (Lipinski definition) is 3. The molecule has 0 fully saturated rings. The van der Waals surface area contributed by atoms with E-state index in [2.05, 4.69) is 10.3 Å². The lowest BCUT2D eigenvalue weighted by Crippen LogP contribution is -2.26. The molecule has 1 aliphatic heterocycles. The minimum absolute atomic E-state index is 0.0585. The van der Waals surface area contributed by atoms with Gasteiger partial charge in [-0.1, -0.05) is 30.3 Å². The molecule has 0 bridgehead atoms. The van der Waals surface area contributed by atoms with E-state index in [4.69, 9.17) is 0 Å². The first-order valence-electron chi connectivity index (χ1n) is 8.85. The molecule has 0 aliphatic carbocycles. The van der Waals surface area contributed by atoms with Gasteiger partial charge in [-0.2, -0.15) is 0 Å². The molecule has 0 atom stereocenters. The summed E-state index contributed by atoms with van der Waals surface area (Å²) in [6.45, 7) is 0.984. The maximum Gasteiger partial charge on any atom is 0.251 e. The Morgan fingerprint density at radius 2 is 1.78 bits per heavy atom. The third-order valence-electron chi connectivity index (χ3n) is 4.66. The van der Waals surface area contributed by atoms with Crippen LogP contribution in [-0.4, -0.2) is 16.8 Å². The summed E-state index contributed by atoms with van der Waals surface area (Å²) >= 11 is 0. The number of fused-ring (bicyclic) bond motifs is 1. The van der Waals surface area contributed by atoms with Crippen molar-refractivity contribution in [2.75, 3.05) is 4.90 Å². The fourth-order valence-corrected chi connectivity index (χ4v) is 3.25. The van der Waals surface area contributed by atoms with Crippen LogP contribution in [0.25, 0.3) is 0 Å². The normalized spacial score (nSPS) is 12.7. The summed E-state index contributed by atoms with van der Waals surface area (Å²) < 4.78 is 0. The number of carbonyl (C=O) groups excluding carboxylic acids is 2. The third-order valence-corrected chi connectivity index (χ3v) is 4.66. The van der Waals surface area contributed by atoms with Gasteiger partial charge in [0.1, 0.15) is 0 Å². The maximum atomic E-state index is 12.4. The lowest BCUT2D eigenvalue weighted by Gasteiger charge is -2.17. The number of rotatable bonds is 5. The van der Waals surface area contributed by atoms with E-state index in [0.29, 0.717) is 25.1 Å². The standard InChI is InChI=1S/C22H19N3O2/c26-21-13-19-12-18(22(27)24-14-16-8-10-23-11-9-16)6-7-20(19)25(21)15-17-4-2-1-3-5-17/h1-12H,13-15H2,(H,24,27). The number of nitrogens with zero attached hydrogens (tertiary/aromatic N) is 2. The Morgan fingerprint density at radius 1 is 1.00 bits per heavy atom. The zero-order valence-corrected chi connectivity index (χ0v) is 14.8. The molecule has 0 spiro atoms. The predicted molar refractivity (Wildman–Crippen MR) is 103 cm³/mol. The van der Waals surface area contributed by atoms with Crippen molar-refractivity contribution in [3.8, 4) is 0 Å². The highest BCUT2D eigenvalue weighted by molar-refractivity contribution is 6.03. The second-order valence-corrected chi connectivity index (χ2v) is 6.52. The molecule has 2 amide bonds. The van der Waals surface area contributed by atoms with E-state index in [1.165, 1.54) is 0 Å². The van der Waals surface area contributed by atoms with Gasteiger partial charge in [-0.25, -0.2) is 0 Å². The quantitative estimate of drug-likeness (QED) is 0.763. The van der Waals surface area contributed by atoms with Gasteiger partial charge >= 0.3 is 0 Å². The Bertz CT molecular complexity index is 971. The molecule has 27 heavy (non-hydrogen) atoms. The van der Waals surface area contributed by atoms with E-state index in [1.807, 2.05) is 54.6 Å². The molecule has 0 saturated carbocycles. The van der Waals surface area contributed by atoms with Gasteiger partial charge in [-0.05, 0) is 47.0 Å². The van der Waals surface area contributed by atoms with Crippen LogP contribution >= 0.6 is 0 Å². The molecule has 1 N–H and O–H groups in total. The van der Waals surface area contributed by atoms with Gasteiger partial charge in [0.05, 0.1) is 13.0 Å². The molecular formula is C22H19N3O2. The van der Waals surface area contributed by atoms with Crippen molar-refractivity contribution < 1.29 is 9.59 Å². The second-order valence-electron chi connectivity index (χ2n) is 6.52. The van der Waals surface area contributed by atoms with E-state index in [0.717, 1.165) is 22.4 Å². The van der Waals surface area contributed by atoms with Crippen LogP contribution in [0.4, 0.5) is 5.69 Å². The SMILES string of the molecule is O=C(NCc1ccncc1)c1ccc2c(c1)CC(=O)N2Cc1ccccc1. The summed E-state index contributed by atoms with van der Waals surface area (Å²) in [5, 5.41) is 2.90. The topological polar surface area (TPSA) is 62.3 Å². The van der Waals surface area contributed by atoms with Crippen LogP contribution in [-0.2, 0) is 24.3 Å². The zero-order valence-electron chi connectivity index (χ0n) is 14.8. The largest absolute Gasteiger partial charge is 0.348 e. The summed E-state index contributed by atoms with van der Waals surface area (Å²) in [4.78, 5) is 30.6. The Labute approximate surface area is 157 Å². The first-order chi connectivity index (χ1) is 13.2. The number of benzene rings is 2. The molecule has 3 aromatic rings. The van der Waals surface area contributed by atoms with Crippen molar-refractivity contribution in [1.29, 1.82) is 0 Å². The van der Waals surface area contributed by atoms with Crippen molar-refractivity contribution in [1.82, 2.24) is 10.3 Å². The number of aromatic nitrogens is 1. The van der Waals surface area contributed by atoms with E-state index in [9.17, 15) is 9.59 Å². The lowest BCUT2D eigenvalue weighted by atomic mass is 10.1. The van der Waals surface area contributed by atoms with E-state index in [-0.39, 0.29) is 11.8 Å². The van der Waals surface area contributed by atoms with E-state index in [1.54, 1.807) is 23.4 Å². The van der Waals surface area contributed by atoms with Crippen LogP contribution in [0.5, 0.6) is 0 Å². The molecule has 2 aromatic carbocycles. The number of hydrogen-bond donors (Lipinski definition) is 1. The first-order valence-corrected chi connectivity index (χ1v) is 8.85. The Balaban J connectivity index is 1.48. The number of nitrogens with one attached hydrogen (secondary N) is 1. The van der Waals surface area contributed by atoms with Crippen LogP contribution in [0.1, 0.15) is 27.0 Å². The van der Waals surface area contributed by atoms with Gasteiger partial charge in [-0.3, -0.25) is 14.6 Å². The van der Waals surface area contributed by atoms with Crippen molar-refractivity contribution in [3.63, 3.8) is 0 Å². The van der Waals surface area contributed by atoms with E-state index >= 15 is 0 Å². The average Bonchev–Trinajstić information content (AvgIpc) is 3.02. The van der Waals surface area contributed by atoms with Crippen LogP contribution < -0.4 is 10.2 Å². The molecule has 1 aromatic heterocycles. The van der Waals surface area contributed by atoms with Crippen molar-refractivity contribution in [2.45, 2.75) is 19.5 Å². The Kier molecular flexibility index (Phi) is 4.66. The molecule has 4 rings (SSSR count). The monoisotopic (exact) mass is 357 g/mol. The number of anilines is 1. The molecule has 134 valence electrons. The Morgan fingerprint density at radius 3 is 2.56 bits per heavy atom. The van der Waals surface area contributed by atoms with Crippen LogP contribution in [0, 0.1) is 0 Å². The van der Waals surface area contributed by atoms with Gasteiger partial charge in [-0.15, -0.1) is 0 Å². The highest BCUT2D eigenvalue weighted by Gasteiger charge is 2.28. The number of carbonyl (C=O) groups is 2. The van der Waals surface area contributed by atoms with Crippen molar-refractivity contribution >= 4 is 17.5 Å². The minimum atomic E-state index is -0.149. The third kappa shape index (κ3) is 3.72. The molecule has 0 radical (unpaired) electrons. The summed E-state index contributed by atoms with van der Waals surface area (Å²) in [6.07, 6.45) is 3.72. The maximum absolute atomic E-state index is 12.4. The highest BCUT2D eigenvalue weighted by Crippen LogP contribution is 2.31. The smallest absolute Gasteiger partial charge is 0.251 e. The fraction of sp³-hybridized carbons (Fsp3) is 0.136. The highest BCUT2D eigenvalue weighted by atomic mass is 16.2. The molecular weight excluding hydrogens is 338 g/mol. The fourth-order valence-electron chi connectivity index (χ4n) is 3.25. The van der Waals surface area contributed by atoms with Crippen molar-refractivity contribution in [3.05, 3.63) is 95.3 Å². The summed E-state index contributed by atoms with van der Waals surface area (Å²) in [5.74, 6) is -0.0910. The summed E-state index contributed by atoms with van der Waals surface area (Å²) in [5.41, 5.74) is 4.42. The summed E-state index contributed by atoms with van der Waals surface area (Å²) in [6, 6.07) is 19.1. The lowest BCUT2D eigenvalue weighted by molar-refractivity contribution is -0.117. The second kappa shape index (κ2) is 7.41. The van der Waals surface area contributed by atoms with Gasteiger partial charge < -0.3 is 10.2 Å². The van der Waals surface area contributed by atoms with Gasteiger partial charge in [0.2, 0.25) is 5.91 Å². The molecule has 0 unspecified atom stereocenters. The van der Waals surface area contributed by atoms with E-state index < -0.39 is 0 Å². The van der Waals surface area contributed by atoms with Gasteiger partial charge in [0, 0.05) is 30.2 Å².